The van der Waals surface area contributed by atoms with Gasteiger partial charge in [-0.15, -0.1) is 0 Å². The van der Waals surface area contributed by atoms with Gasteiger partial charge in [-0.1, -0.05) is 26.0 Å². The number of carbonyl (C=O) groups excluding carboxylic acids is 1. The summed E-state index contributed by atoms with van der Waals surface area (Å²) in [7, 11) is 0. The van der Waals surface area contributed by atoms with Crippen LogP contribution >= 0.6 is 11.9 Å². The Balaban J connectivity index is 1.25. The molecule has 2 saturated heterocycles. The number of carboxylic acids is 1. The highest BCUT2D eigenvalue weighted by atomic mass is 32.2. The van der Waals surface area contributed by atoms with Crippen LogP contribution in [0.2, 0.25) is 0 Å². The first-order chi connectivity index (χ1) is 21.7. The summed E-state index contributed by atoms with van der Waals surface area (Å²) in [5, 5.41) is 23.4. The van der Waals surface area contributed by atoms with Gasteiger partial charge in [-0.2, -0.15) is 0 Å². The minimum absolute atomic E-state index is 0.00167. The number of carbonyl (C=O) groups is 2. The van der Waals surface area contributed by atoms with Gasteiger partial charge >= 0.3 is 12.1 Å². The monoisotopic (exact) mass is 646 g/mol. The lowest BCUT2D eigenvalue weighted by Gasteiger charge is -2.30. The Morgan fingerprint density at radius 2 is 1.89 bits per heavy atom. The van der Waals surface area contributed by atoms with Crippen LogP contribution in [0.25, 0.3) is 0 Å². The first-order valence-electron chi connectivity index (χ1n) is 15.4. The molecule has 3 heterocycles. The van der Waals surface area contributed by atoms with E-state index in [-0.39, 0.29) is 38.6 Å². The molecule has 3 aliphatic heterocycles. The van der Waals surface area contributed by atoms with Crippen molar-refractivity contribution in [3.05, 3.63) is 48.0 Å². The van der Waals surface area contributed by atoms with Crippen LogP contribution in [0.3, 0.4) is 0 Å². The molecule has 0 saturated carbocycles. The van der Waals surface area contributed by atoms with E-state index >= 15 is 0 Å². The molecule has 3 N–H and O–H groups in total. The Kier molecular flexibility index (Phi) is 11.7. The Hall–Kier alpha value is -3.23. The maximum absolute atomic E-state index is 13.2. The van der Waals surface area contributed by atoms with Crippen molar-refractivity contribution in [2.24, 2.45) is 11.8 Å². The Morgan fingerprint density at radius 3 is 2.67 bits per heavy atom. The number of aliphatic hydroxyl groups excluding tert-OH is 1. The Morgan fingerprint density at radius 1 is 1.09 bits per heavy atom. The number of ether oxygens (including phenoxy) is 6. The fraction of sp³-hybridized carbons (Fsp3) is 0.562. The van der Waals surface area contributed by atoms with E-state index in [2.05, 4.69) is 23.5 Å². The number of amides is 1. The molecule has 246 valence electrons. The van der Waals surface area contributed by atoms with Gasteiger partial charge in [0.25, 0.3) is 0 Å². The molecule has 1 amide bonds. The van der Waals surface area contributed by atoms with Gasteiger partial charge in [-0.05, 0) is 73.0 Å². The number of hydrogen-bond donors (Lipinski definition) is 3. The summed E-state index contributed by atoms with van der Waals surface area (Å²) in [5.74, 6) is 1.47. The van der Waals surface area contributed by atoms with E-state index in [0.717, 1.165) is 16.9 Å². The SMILES string of the molecule is CC(C)CN(CC(O)[C@H](Cc1ccc(OCCCC(=O)O)cc1)NC(=O)O[C@H]1COC2OCCC21)Sc1ccc2c(c1)OCO2. The van der Waals surface area contributed by atoms with Crippen molar-refractivity contribution in [1.29, 1.82) is 0 Å². The fourth-order valence-electron chi connectivity index (χ4n) is 5.52. The summed E-state index contributed by atoms with van der Waals surface area (Å²) in [4.78, 5) is 24.9. The third-order valence-electron chi connectivity index (χ3n) is 7.73. The largest absolute Gasteiger partial charge is 0.494 e. The highest BCUT2D eigenvalue weighted by Gasteiger charge is 2.44. The zero-order valence-corrected chi connectivity index (χ0v) is 26.4. The van der Waals surface area contributed by atoms with E-state index in [1.165, 1.54) is 11.9 Å². The molecule has 3 unspecified atom stereocenters. The van der Waals surface area contributed by atoms with Crippen LogP contribution in [0.15, 0.2) is 47.4 Å². The van der Waals surface area contributed by atoms with E-state index in [1.807, 2.05) is 30.3 Å². The molecule has 5 atom stereocenters. The molecule has 0 aliphatic carbocycles. The van der Waals surface area contributed by atoms with Crippen molar-refractivity contribution >= 4 is 24.0 Å². The van der Waals surface area contributed by atoms with Gasteiger partial charge in [0.15, 0.2) is 17.8 Å². The molecular weight excluding hydrogens is 604 g/mol. The minimum Gasteiger partial charge on any atom is -0.494 e. The number of carboxylic acid groups (broad SMARTS) is 1. The van der Waals surface area contributed by atoms with Gasteiger partial charge < -0.3 is 44.0 Å². The summed E-state index contributed by atoms with van der Waals surface area (Å²) in [6, 6.07) is 12.4. The number of nitrogens with one attached hydrogen (secondary N) is 1. The zero-order chi connectivity index (χ0) is 31.8. The first-order valence-corrected chi connectivity index (χ1v) is 16.2. The van der Waals surface area contributed by atoms with Gasteiger partial charge in [-0.25, -0.2) is 9.10 Å². The van der Waals surface area contributed by atoms with Crippen LogP contribution < -0.4 is 19.5 Å². The number of rotatable bonds is 16. The Bertz CT molecular complexity index is 1280. The van der Waals surface area contributed by atoms with Crippen molar-refractivity contribution in [1.82, 2.24) is 9.62 Å². The summed E-state index contributed by atoms with van der Waals surface area (Å²) in [6.45, 7) is 6.54. The third-order valence-corrected chi connectivity index (χ3v) is 8.75. The van der Waals surface area contributed by atoms with Crippen LogP contribution in [0.5, 0.6) is 17.2 Å². The number of aliphatic hydroxyl groups is 1. The molecule has 2 fully saturated rings. The molecular formula is C32H42N2O10S. The van der Waals surface area contributed by atoms with Crippen molar-refractivity contribution < 1.29 is 48.2 Å². The van der Waals surface area contributed by atoms with Crippen molar-refractivity contribution in [2.45, 2.75) is 69.0 Å². The van der Waals surface area contributed by atoms with Gasteiger partial charge in [0, 0.05) is 24.4 Å². The summed E-state index contributed by atoms with van der Waals surface area (Å²) in [5.41, 5.74) is 0.879. The topological polar surface area (TPSA) is 145 Å². The summed E-state index contributed by atoms with van der Waals surface area (Å²) < 4.78 is 35.7. The van der Waals surface area contributed by atoms with Crippen molar-refractivity contribution in [2.75, 3.05) is 39.7 Å². The average molecular weight is 647 g/mol. The predicted octanol–water partition coefficient (Wildman–Crippen LogP) is 4.08. The lowest BCUT2D eigenvalue weighted by molar-refractivity contribution is -0.137. The first kappa shape index (κ1) is 33.1. The molecule has 0 bridgehead atoms. The quantitative estimate of drug-likeness (QED) is 0.178. The van der Waals surface area contributed by atoms with Gasteiger partial charge in [0.1, 0.15) is 11.9 Å². The smallest absolute Gasteiger partial charge is 0.407 e. The molecule has 5 rings (SSSR count). The van der Waals surface area contributed by atoms with Crippen LogP contribution in [-0.4, -0.2) is 90.8 Å². The highest BCUT2D eigenvalue weighted by Crippen LogP contribution is 2.37. The molecule has 0 aromatic heterocycles. The molecule has 2 aromatic carbocycles. The number of benzene rings is 2. The second-order valence-electron chi connectivity index (χ2n) is 11.8. The predicted molar refractivity (Wildman–Crippen MR) is 164 cm³/mol. The molecule has 0 radical (unpaired) electrons. The third kappa shape index (κ3) is 9.63. The van der Waals surface area contributed by atoms with E-state index in [4.69, 9.17) is 33.5 Å². The lowest BCUT2D eigenvalue weighted by atomic mass is 10.0. The summed E-state index contributed by atoms with van der Waals surface area (Å²) >= 11 is 1.51. The summed E-state index contributed by atoms with van der Waals surface area (Å²) in [6.07, 6.45) is -0.740. The molecule has 12 nitrogen and oxygen atoms in total. The average Bonchev–Trinajstić information content (AvgIpc) is 3.74. The van der Waals surface area contributed by atoms with Crippen LogP contribution in [0.1, 0.15) is 38.7 Å². The number of fused-ring (bicyclic) bond motifs is 2. The number of alkyl carbamates (subject to hydrolysis) is 1. The van der Waals surface area contributed by atoms with Crippen molar-refractivity contribution in [3.63, 3.8) is 0 Å². The number of aliphatic carboxylic acids is 1. The van der Waals surface area contributed by atoms with Crippen LogP contribution in [0, 0.1) is 11.8 Å². The second kappa shape index (κ2) is 15.9. The van der Waals surface area contributed by atoms with Gasteiger partial charge in [-0.3, -0.25) is 4.79 Å². The second-order valence-corrected chi connectivity index (χ2v) is 13.0. The van der Waals surface area contributed by atoms with E-state index < -0.39 is 30.3 Å². The maximum Gasteiger partial charge on any atom is 0.407 e. The van der Waals surface area contributed by atoms with E-state index in [0.29, 0.717) is 55.8 Å². The lowest BCUT2D eigenvalue weighted by Crippen LogP contribution is -2.50. The number of hydrogen-bond acceptors (Lipinski definition) is 11. The van der Waals surface area contributed by atoms with E-state index in [9.17, 15) is 14.7 Å². The van der Waals surface area contributed by atoms with Crippen molar-refractivity contribution in [3.8, 4) is 17.2 Å². The molecule has 0 spiro atoms. The molecule has 3 aliphatic rings. The van der Waals surface area contributed by atoms with Gasteiger partial charge in [0.2, 0.25) is 6.79 Å². The van der Waals surface area contributed by atoms with Crippen LogP contribution in [0.4, 0.5) is 4.79 Å². The van der Waals surface area contributed by atoms with Crippen LogP contribution in [-0.2, 0) is 25.4 Å². The van der Waals surface area contributed by atoms with Gasteiger partial charge in [0.05, 0.1) is 37.9 Å². The fourth-order valence-corrected chi connectivity index (χ4v) is 6.70. The van der Waals surface area contributed by atoms with E-state index in [1.54, 1.807) is 12.1 Å². The molecule has 2 aromatic rings. The standard InChI is InChI=1S/C32H42N2O10S/c1-20(2)16-34(45-23-9-10-27-28(15-23)43-19-42-27)17-26(35)25(33-32(38)44-29-18-41-31-24(29)11-13-40-31)14-21-5-7-22(8-6-21)39-12-3-4-30(36)37/h5-10,15,20,24-26,29,31,35H,3-4,11-14,16-19H2,1-2H3,(H,33,38)(H,36,37)/t24?,25-,26?,29-,31?/m0/s1. The molecule has 45 heavy (non-hydrogen) atoms. The zero-order valence-electron chi connectivity index (χ0n) is 25.6. The highest BCUT2D eigenvalue weighted by molar-refractivity contribution is 7.97. The molecule has 13 heteroatoms. The normalized spacial score (nSPS) is 21.5. The maximum atomic E-state index is 13.2. The minimum atomic E-state index is -0.938. The number of nitrogens with zero attached hydrogens (tertiary/aromatic N) is 1. The Labute approximate surface area is 267 Å².